The van der Waals surface area contributed by atoms with Crippen molar-refractivity contribution in [3.63, 3.8) is 0 Å². The van der Waals surface area contributed by atoms with Gasteiger partial charge in [-0.3, -0.25) is 0 Å². The largest absolute Gasteiger partial charge is 0.310 e. The average molecular weight is 812 g/mol. The van der Waals surface area contributed by atoms with E-state index < -0.39 is 5.41 Å². The van der Waals surface area contributed by atoms with Gasteiger partial charge >= 0.3 is 0 Å². The fraction of sp³-hybridized carbons (Fsp3) is 0.226. The third kappa shape index (κ3) is 4.89. The molecule has 2 saturated carbocycles. The van der Waals surface area contributed by atoms with E-state index in [1.54, 1.807) is 11.1 Å². The molecule has 0 saturated heterocycles. The molecule has 63 heavy (non-hydrogen) atoms. The lowest BCUT2D eigenvalue weighted by molar-refractivity contribution is 0.0495. The zero-order valence-corrected chi connectivity index (χ0v) is 36.6. The Morgan fingerprint density at radius 2 is 0.889 bits per heavy atom. The quantitative estimate of drug-likeness (QED) is 0.171. The summed E-state index contributed by atoms with van der Waals surface area (Å²) in [6.45, 7) is 7.35. The molecule has 2 spiro atoms. The first kappa shape index (κ1) is 37.1. The second kappa shape index (κ2) is 13.5. The van der Waals surface area contributed by atoms with Gasteiger partial charge in [0.2, 0.25) is 0 Å². The van der Waals surface area contributed by atoms with E-state index in [1.165, 1.54) is 116 Å². The first-order valence-electron chi connectivity index (χ1n) is 23.5. The average Bonchev–Trinajstić information content (AvgIpc) is 3.74. The normalized spacial score (nSPS) is 22.4. The Morgan fingerprint density at radius 1 is 0.413 bits per heavy atom. The van der Waals surface area contributed by atoms with Gasteiger partial charge in [-0.1, -0.05) is 185 Å². The summed E-state index contributed by atoms with van der Waals surface area (Å²) in [4.78, 5) is 2.61. The van der Waals surface area contributed by atoms with E-state index in [-0.39, 0.29) is 10.8 Å². The van der Waals surface area contributed by atoms with Gasteiger partial charge in [0.15, 0.2) is 0 Å². The molecule has 5 aliphatic carbocycles. The van der Waals surface area contributed by atoms with Gasteiger partial charge in [-0.2, -0.15) is 0 Å². The van der Waals surface area contributed by atoms with Crippen LogP contribution < -0.4 is 4.90 Å². The molecule has 2 bridgehead atoms. The van der Waals surface area contributed by atoms with Gasteiger partial charge in [-0.15, -0.1) is 0 Å². The van der Waals surface area contributed by atoms with Gasteiger partial charge < -0.3 is 4.90 Å². The van der Waals surface area contributed by atoms with Gasteiger partial charge in [-0.25, -0.2) is 0 Å². The molecule has 1 heteroatoms. The van der Waals surface area contributed by atoms with Gasteiger partial charge in [0, 0.05) is 27.8 Å². The lowest BCUT2D eigenvalue weighted by atomic mass is 9.42. The van der Waals surface area contributed by atoms with Crippen molar-refractivity contribution < 1.29 is 0 Å². The smallest absolute Gasteiger partial charge is 0.0719 e. The van der Waals surface area contributed by atoms with Crippen molar-refractivity contribution in [1.29, 1.82) is 0 Å². The molecule has 0 aliphatic heterocycles. The number of benzene rings is 8. The lowest BCUT2D eigenvalue weighted by Crippen LogP contribution is -2.55. The second-order valence-corrected chi connectivity index (χ2v) is 20.0. The zero-order valence-electron chi connectivity index (χ0n) is 36.6. The molecule has 1 nitrogen and oxygen atoms in total. The second-order valence-electron chi connectivity index (χ2n) is 20.0. The predicted molar refractivity (Wildman–Crippen MR) is 261 cm³/mol. The molecule has 1 unspecified atom stereocenters. The molecule has 0 heterocycles. The van der Waals surface area contributed by atoms with Crippen molar-refractivity contribution in [2.75, 3.05) is 4.90 Å². The maximum atomic E-state index is 2.72. The molecule has 4 atom stereocenters. The fourth-order valence-corrected chi connectivity index (χ4v) is 14.4. The maximum absolute atomic E-state index is 2.72. The molecule has 2 fully saturated rings. The molecular formula is C62H53N. The van der Waals surface area contributed by atoms with Crippen molar-refractivity contribution >= 4 is 17.1 Å². The number of nitrogens with zero attached hydrogens (tertiary/aromatic N) is 1. The third-order valence-corrected chi connectivity index (χ3v) is 16.7. The third-order valence-electron chi connectivity index (χ3n) is 16.7. The molecular weight excluding hydrogens is 759 g/mol. The number of hydrogen-bond acceptors (Lipinski definition) is 1. The van der Waals surface area contributed by atoms with Crippen molar-refractivity contribution in [2.45, 2.75) is 69.1 Å². The Morgan fingerprint density at radius 3 is 1.56 bits per heavy atom. The number of hydrogen-bond donors (Lipinski definition) is 0. The highest BCUT2D eigenvalue weighted by Gasteiger charge is 2.62. The number of rotatable bonds is 4. The Bertz CT molecular complexity index is 3070. The number of fused-ring (bicyclic) bond motifs is 12. The number of para-hydroxylation sites is 1. The van der Waals surface area contributed by atoms with Crippen LogP contribution in [0.15, 0.2) is 188 Å². The summed E-state index contributed by atoms with van der Waals surface area (Å²) < 4.78 is 0. The van der Waals surface area contributed by atoms with Gasteiger partial charge in [0.1, 0.15) is 0 Å². The minimum absolute atomic E-state index is 0.0867. The van der Waals surface area contributed by atoms with Gasteiger partial charge in [0.05, 0.1) is 11.1 Å². The van der Waals surface area contributed by atoms with Crippen LogP contribution in [0.3, 0.4) is 0 Å². The summed E-state index contributed by atoms with van der Waals surface area (Å²) in [6.07, 6.45) is 6.42. The van der Waals surface area contributed by atoms with Gasteiger partial charge in [0.25, 0.3) is 0 Å². The minimum Gasteiger partial charge on any atom is -0.310 e. The Kier molecular flexibility index (Phi) is 7.98. The molecule has 306 valence electrons. The zero-order chi connectivity index (χ0) is 42.1. The van der Waals surface area contributed by atoms with E-state index in [0.29, 0.717) is 11.8 Å². The van der Waals surface area contributed by atoms with Gasteiger partial charge in [-0.05, 0) is 146 Å². The van der Waals surface area contributed by atoms with Crippen LogP contribution >= 0.6 is 0 Å². The standard InChI is InChI=1S/C62H53N/c1-40-36-42-20-17-21-43(37-40)61(42)54-29-14-15-30-55(54)62(52-27-12-8-24-48(52)49-25-9-13-28-53(49)62)56-35-33-45(39-58(56)61)63(59-31-16-10-22-46(59)41-18-5-4-6-19-41)44-32-34-50-47-23-7-11-26-51(47)60(2,3)57(50)38-44/h4-16,18-19,22-35,38-40,42-43H,17,20-21,36-37H2,1-3H3/t40-,42-,43+,61?. The van der Waals surface area contributed by atoms with E-state index in [0.717, 1.165) is 5.92 Å². The Balaban J connectivity index is 1.13. The van der Waals surface area contributed by atoms with Crippen molar-refractivity contribution in [3.05, 3.63) is 233 Å². The summed E-state index contributed by atoms with van der Waals surface area (Å²) in [6, 6.07) is 72.7. The monoisotopic (exact) mass is 811 g/mol. The first-order chi connectivity index (χ1) is 30.9. The molecule has 0 radical (unpaired) electrons. The van der Waals surface area contributed by atoms with Crippen LogP contribution in [0.1, 0.15) is 97.4 Å². The molecule has 5 aliphatic rings. The van der Waals surface area contributed by atoms with Crippen LogP contribution in [0.2, 0.25) is 0 Å². The molecule has 0 aromatic heterocycles. The predicted octanol–water partition coefficient (Wildman–Crippen LogP) is 15.9. The summed E-state index contributed by atoms with van der Waals surface area (Å²) in [5.74, 6) is 1.87. The van der Waals surface area contributed by atoms with Crippen LogP contribution in [0.25, 0.3) is 33.4 Å². The van der Waals surface area contributed by atoms with E-state index in [4.69, 9.17) is 0 Å². The van der Waals surface area contributed by atoms with Crippen LogP contribution in [-0.4, -0.2) is 0 Å². The summed E-state index contributed by atoms with van der Waals surface area (Å²) in [7, 11) is 0. The van der Waals surface area contributed by atoms with Crippen LogP contribution in [-0.2, 0) is 16.2 Å². The molecule has 0 N–H and O–H groups in total. The highest BCUT2D eigenvalue weighted by molar-refractivity contribution is 5.93. The van der Waals surface area contributed by atoms with Crippen LogP contribution in [0.4, 0.5) is 17.1 Å². The summed E-state index contributed by atoms with van der Waals surface area (Å²) in [5, 5.41) is 0. The topological polar surface area (TPSA) is 3.24 Å². The molecule has 0 amide bonds. The summed E-state index contributed by atoms with van der Waals surface area (Å²) in [5.41, 5.74) is 22.7. The summed E-state index contributed by atoms with van der Waals surface area (Å²) >= 11 is 0. The van der Waals surface area contributed by atoms with Crippen molar-refractivity contribution in [2.24, 2.45) is 17.8 Å². The molecule has 8 aromatic carbocycles. The Hall–Kier alpha value is -6.44. The van der Waals surface area contributed by atoms with Crippen LogP contribution in [0, 0.1) is 17.8 Å². The first-order valence-corrected chi connectivity index (χ1v) is 23.5. The van der Waals surface area contributed by atoms with E-state index in [9.17, 15) is 0 Å². The minimum atomic E-state index is -0.420. The van der Waals surface area contributed by atoms with Crippen LogP contribution in [0.5, 0.6) is 0 Å². The highest BCUT2D eigenvalue weighted by Crippen LogP contribution is 2.69. The fourth-order valence-electron chi connectivity index (χ4n) is 14.4. The number of anilines is 3. The SMILES string of the molecule is C[C@@H]1C[C@H]2CCC[C@@H](C1)C21c2ccccc2C2(c3ccccc3-c3ccccc32)c2ccc(N(c3ccc4c(c3)C(C)(C)c3ccccc3-4)c3ccccc3-c3ccccc3)cc21. The lowest BCUT2D eigenvalue weighted by Gasteiger charge is -2.60. The highest BCUT2D eigenvalue weighted by atomic mass is 15.1. The molecule has 13 rings (SSSR count). The van der Waals surface area contributed by atoms with E-state index in [2.05, 4.69) is 214 Å². The molecule has 8 aromatic rings. The maximum Gasteiger partial charge on any atom is 0.0719 e. The van der Waals surface area contributed by atoms with E-state index in [1.807, 2.05) is 0 Å². The Labute approximate surface area is 373 Å². The van der Waals surface area contributed by atoms with Crippen molar-refractivity contribution in [1.82, 2.24) is 0 Å². The van der Waals surface area contributed by atoms with E-state index >= 15 is 0 Å². The van der Waals surface area contributed by atoms with Crippen molar-refractivity contribution in [3.8, 4) is 33.4 Å².